The molecule has 1 N–H and O–H groups in total. The van der Waals surface area contributed by atoms with E-state index in [1.165, 1.54) is 6.26 Å². The molecule has 0 spiro atoms. The van der Waals surface area contributed by atoms with E-state index in [-0.39, 0.29) is 24.3 Å². The molecule has 1 atom stereocenters. The van der Waals surface area contributed by atoms with Crippen LogP contribution in [0.15, 0.2) is 47.2 Å². The lowest BCUT2D eigenvalue weighted by Gasteiger charge is -2.26. The average molecular weight is 373 g/mol. The summed E-state index contributed by atoms with van der Waals surface area (Å²) in [6.07, 6.45) is 2.71. The number of nitrogens with one attached hydrogen (secondary N) is 1. The van der Waals surface area contributed by atoms with Gasteiger partial charge in [-0.25, -0.2) is 0 Å². The van der Waals surface area contributed by atoms with Gasteiger partial charge in [0.1, 0.15) is 6.26 Å². The van der Waals surface area contributed by atoms with Crippen molar-refractivity contribution in [2.75, 3.05) is 31.6 Å². The molecule has 0 aliphatic heterocycles. The standard InChI is InChI=1S/C20H27N3O4/c1-3-17(16-9-6-5-7-10-16)20(25)23(12-8-13-26-4-2)15-19(24)21-18-11-14-27-22-18/h5-7,9-11,14,17H,3-4,8,12-13,15H2,1-2H3,(H,21,22,24). The number of benzene rings is 1. The van der Waals surface area contributed by atoms with Crippen LogP contribution in [-0.2, 0) is 14.3 Å². The molecule has 1 heterocycles. The molecule has 0 aliphatic rings. The fourth-order valence-electron chi connectivity index (χ4n) is 2.86. The zero-order valence-electron chi connectivity index (χ0n) is 15.9. The van der Waals surface area contributed by atoms with Crippen LogP contribution in [0.3, 0.4) is 0 Å². The van der Waals surface area contributed by atoms with Crippen molar-refractivity contribution < 1.29 is 18.8 Å². The molecule has 1 aromatic carbocycles. The van der Waals surface area contributed by atoms with Crippen LogP contribution in [-0.4, -0.2) is 48.2 Å². The minimum Gasteiger partial charge on any atom is -0.382 e. The summed E-state index contributed by atoms with van der Waals surface area (Å²) in [5.74, 6) is -0.318. The molecule has 7 heteroatoms. The molecule has 2 amide bonds. The highest BCUT2D eigenvalue weighted by Crippen LogP contribution is 2.22. The highest BCUT2D eigenvalue weighted by Gasteiger charge is 2.26. The minimum atomic E-state index is -0.309. The zero-order valence-corrected chi connectivity index (χ0v) is 15.9. The van der Waals surface area contributed by atoms with E-state index in [0.717, 1.165) is 5.56 Å². The van der Waals surface area contributed by atoms with Crippen molar-refractivity contribution in [2.24, 2.45) is 0 Å². The molecule has 1 aromatic heterocycles. The average Bonchev–Trinajstić information content (AvgIpc) is 3.18. The fraction of sp³-hybridized carbons (Fsp3) is 0.450. The predicted molar refractivity (Wildman–Crippen MR) is 102 cm³/mol. The molecule has 0 saturated heterocycles. The van der Waals surface area contributed by atoms with Crippen molar-refractivity contribution in [3.05, 3.63) is 48.2 Å². The van der Waals surface area contributed by atoms with Crippen LogP contribution in [0.2, 0.25) is 0 Å². The molecule has 0 aliphatic carbocycles. The maximum Gasteiger partial charge on any atom is 0.245 e. The zero-order chi connectivity index (χ0) is 19.5. The summed E-state index contributed by atoms with van der Waals surface area (Å²) in [7, 11) is 0. The van der Waals surface area contributed by atoms with E-state index in [1.54, 1.807) is 11.0 Å². The van der Waals surface area contributed by atoms with E-state index >= 15 is 0 Å². The normalized spacial score (nSPS) is 11.8. The molecule has 2 aromatic rings. The number of nitrogens with zero attached hydrogens (tertiary/aromatic N) is 2. The lowest BCUT2D eigenvalue weighted by atomic mass is 9.95. The number of hydrogen-bond acceptors (Lipinski definition) is 5. The molecule has 0 saturated carbocycles. The second kappa shape index (κ2) is 11.1. The van der Waals surface area contributed by atoms with Crippen LogP contribution < -0.4 is 5.32 Å². The lowest BCUT2D eigenvalue weighted by Crippen LogP contribution is -2.41. The Labute approximate surface area is 159 Å². The predicted octanol–water partition coefficient (Wildman–Crippen LogP) is 3.06. The second-order valence-electron chi connectivity index (χ2n) is 6.11. The summed E-state index contributed by atoms with van der Waals surface area (Å²) in [5, 5.41) is 6.30. The van der Waals surface area contributed by atoms with Crippen molar-refractivity contribution in [1.82, 2.24) is 10.1 Å². The Kier molecular flexibility index (Phi) is 8.51. The Morgan fingerprint density at radius 3 is 2.63 bits per heavy atom. The summed E-state index contributed by atoms with van der Waals surface area (Å²) in [4.78, 5) is 27.1. The number of anilines is 1. The quantitative estimate of drug-likeness (QED) is 0.612. The van der Waals surface area contributed by atoms with Gasteiger partial charge in [-0.2, -0.15) is 0 Å². The van der Waals surface area contributed by atoms with E-state index in [1.807, 2.05) is 44.2 Å². The summed E-state index contributed by atoms with van der Waals surface area (Å²) >= 11 is 0. The van der Waals surface area contributed by atoms with Crippen molar-refractivity contribution >= 4 is 17.6 Å². The third-order valence-electron chi connectivity index (χ3n) is 4.18. The van der Waals surface area contributed by atoms with Crippen LogP contribution in [0, 0.1) is 0 Å². The number of ether oxygens (including phenoxy) is 1. The Morgan fingerprint density at radius 2 is 2.00 bits per heavy atom. The first-order valence-corrected chi connectivity index (χ1v) is 9.27. The molecule has 27 heavy (non-hydrogen) atoms. The van der Waals surface area contributed by atoms with E-state index in [0.29, 0.717) is 38.4 Å². The summed E-state index contributed by atoms with van der Waals surface area (Å²) < 4.78 is 10.1. The summed E-state index contributed by atoms with van der Waals surface area (Å²) in [6, 6.07) is 11.2. The number of amides is 2. The van der Waals surface area contributed by atoms with E-state index in [2.05, 4.69) is 10.5 Å². The molecule has 146 valence electrons. The van der Waals surface area contributed by atoms with Gasteiger partial charge in [-0.3, -0.25) is 9.59 Å². The molecule has 0 radical (unpaired) electrons. The minimum absolute atomic E-state index is 0.0405. The molecule has 7 nitrogen and oxygen atoms in total. The molecule has 0 bridgehead atoms. The highest BCUT2D eigenvalue weighted by atomic mass is 16.5. The second-order valence-corrected chi connectivity index (χ2v) is 6.11. The van der Waals surface area contributed by atoms with Gasteiger partial charge in [-0.05, 0) is 25.3 Å². The molecule has 2 rings (SSSR count). The third-order valence-corrected chi connectivity index (χ3v) is 4.18. The number of carbonyl (C=O) groups is 2. The number of carbonyl (C=O) groups excluding carboxylic acids is 2. The maximum absolute atomic E-state index is 13.1. The first-order valence-electron chi connectivity index (χ1n) is 9.27. The SMILES string of the molecule is CCOCCCN(CC(=O)Nc1ccon1)C(=O)C(CC)c1ccccc1. The number of aromatic nitrogens is 1. The van der Waals surface area contributed by atoms with Crippen molar-refractivity contribution in [2.45, 2.75) is 32.6 Å². The highest BCUT2D eigenvalue weighted by molar-refractivity contribution is 5.94. The van der Waals surface area contributed by atoms with Gasteiger partial charge in [0, 0.05) is 25.8 Å². The van der Waals surface area contributed by atoms with E-state index in [4.69, 9.17) is 9.26 Å². The van der Waals surface area contributed by atoms with Gasteiger partial charge < -0.3 is 19.5 Å². The van der Waals surface area contributed by atoms with Crippen LogP contribution in [0.25, 0.3) is 0 Å². The summed E-state index contributed by atoms with van der Waals surface area (Å²) in [5.41, 5.74) is 0.955. The first kappa shape index (κ1) is 20.6. The molecular weight excluding hydrogens is 346 g/mol. The fourth-order valence-corrected chi connectivity index (χ4v) is 2.86. The van der Waals surface area contributed by atoms with Crippen molar-refractivity contribution in [1.29, 1.82) is 0 Å². The molecular formula is C20H27N3O4. The van der Waals surface area contributed by atoms with Crippen LogP contribution in [0.1, 0.15) is 38.2 Å². The van der Waals surface area contributed by atoms with Gasteiger partial charge in [-0.1, -0.05) is 42.4 Å². The molecule has 0 fully saturated rings. The van der Waals surface area contributed by atoms with Crippen LogP contribution in [0.4, 0.5) is 5.82 Å². The third kappa shape index (κ3) is 6.53. The lowest BCUT2D eigenvalue weighted by molar-refractivity contribution is -0.136. The maximum atomic E-state index is 13.1. The monoisotopic (exact) mass is 373 g/mol. The van der Waals surface area contributed by atoms with Gasteiger partial charge >= 0.3 is 0 Å². The van der Waals surface area contributed by atoms with Gasteiger partial charge in [0.25, 0.3) is 0 Å². The molecule has 1 unspecified atom stereocenters. The van der Waals surface area contributed by atoms with E-state index in [9.17, 15) is 9.59 Å². The number of hydrogen-bond donors (Lipinski definition) is 1. The summed E-state index contributed by atoms with van der Waals surface area (Å²) in [6.45, 7) is 5.49. The largest absolute Gasteiger partial charge is 0.382 e. The smallest absolute Gasteiger partial charge is 0.245 e. The Hall–Kier alpha value is -2.67. The van der Waals surface area contributed by atoms with Crippen LogP contribution in [0.5, 0.6) is 0 Å². The number of rotatable bonds is 11. The first-order chi connectivity index (χ1) is 13.2. The Morgan fingerprint density at radius 1 is 1.22 bits per heavy atom. The Bertz CT molecular complexity index is 689. The van der Waals surface area contributed by atoms with Gasteiger partial charge in [0.05, 0.1) is 12.5 Å². The van der Waals surface area contributed by atoms with Gasteiger partial charge in [0.2, 0.25) is 11.8 Å². The van der Waals surface area contributed by atoms with Crippen molar-refractivity contribution in [3.8, 4) is 0 Å². The van der Waals surface area contributed by atoms with Crippen molar-refractivity contribution in [3.63, 3.8) is 0 Å². The van der Waals surface area contributed by atoms with Crippen LogP contribution >= 0.6 is 0 Å². The van der Waals surface area contributed by atoms with Gasteiger partial charge in [-0.15, -0.1) is 0 Å². The topological polar surface area (TPSA) is 84.7 Å². The van der Waals surface area contributed by atoms with Gasteiger partial charge in [0.15, 0.2) is 5.82 Å². The Balaban J connectivity index is 2.06. The van der Waals surface area contributed by atoms with E-state index < -0.39 is 0 Å².